The van der Waals surface area contributed by atoms with E-state index in [1.807, 2.05) is 31.2 Å². The molecule has 31 heavy (non-hydrogen) atoms. The highest BCUT2D eigenvalue weighted by Gasteiger charge is 2.17. The molecule has 2 aromatic heterocycles. The van der Waals surface area contributed by atoms with E-state index in [1.165, 1.54) is 0 Å². The van der Waals surface area contributed by atoms with Gasteiger partial charge in [0.2, 0.25) is 12.7 Å². The Balaban J connectivity index is 1.28. The molecule has 2 aromatic carbocycles. The van der Waals surface area contributed by atoms with E-state index >= 15 is 0 Å². The Bertz CT molecular complexity index is 1300. The predicted octanol–water partition coefficient (Wildman–Crippen LogP) is 4.05. The van der Waals surface area contributed by atoms with Crippen molar-refractivity contribution in [3.63, 3.8) is 0 Å². The van der Waals surface area contributed by atoms with E-state index in [0.29, 0.717) is 34.2 Å². The zero-order chi connectivity index (χ0) is 21.4. The van der Waals surface area contributed by atoms with Gasteiger partial charge in [0, 0.05) is 23.0 Å². The molecule has 0 bridgehead atoms. The molecule has 3 heterocycles. The minimum atomic E-state index is -0.343. The largest absolute Gasteiger partial charge is 0.454 e. The van der Waals surface area contributed by atoms with Crippen molar-refractivity contribution in [2.75, 3.05) is 12.1 Å². The van der Waals surface area contributed by atoms with Crippen molar-refractivity contribution < 1.29 is 18.7 Å². The number of anilines is 1. The molecule has 9 heteroatoms. The fraction of sp³-hybridized carbons (Fsp3) is 0.0909. The summed E-state index contributed by atoms with van der Waals surface area (Å²) in [6.45, 7) is 2.07. The summed E-state index contributed by atoms with van der Waals surface area (Å²) in [5.74, 6) is 1.29. The van der Waals surface area contributed by atoms with Crippen LogP contribution < -0.4 is 20.1 Å². The number of oxazole rings is 1. The number of hydrogen-bond acceptors (Lipinski definition) is 7. The molecular formula is C22H16N4O4S. The van der Waals surface area contributed by atoms with Crippen LogP contribution in [0.1, 0.15) is 15.9 Å². The lowest BCUT2D eigenvalue weighted by atomic mass is 10.1. The molecular weight excluding hydrogens is 416 g/mol. The van der Waals surface area contributed by atoms with E-state index in [1.54, 1.807) is 30.5 Å². The smallest absolute Gasteiger partial charge is 0.257 e. The normalized spacial score (nSPS) is 12.0. The molecule has 0 unspecified atom stereocenters. The summed E-state index contributed by atoms with van der Waals surface area (Å²) in [5, 5.41) is 5.91. The first kappa shape index (κ1) is 19.0. The van der Waals surface area contributed by atoms with E-state index in [9.17, 15) is 4.79 Å². The van der Waals surface area contributed by atoms with Crippen LogP contribution in [0.3, 0.4) is 0 Å². The van der Waals surface area contributed by atoms with Crippen LogP contribution in [0, 0.1) is 6.92 Å². The molecule has 4 aromatic rings. The summed E-state index contributed by atoms with van der Waals surface area (Å²) in [6.07, 6.45) is 1.67. The van der Waals surface area contributed by atoms with Crippen molar-refractivity contribution in [3.8, 4) is 23.0 Å². The van der Waals surface area contributed by atoms with E-state index in [2.05, 4.69) is 20.6 Å². The first-order chi connectivity index (χ1) is 15.1. The van der Waals surface area contributed by atoms with Gasteiger partial charge in [-0.1, -0.05) is 0 Å². The number of hydrogen-bond donors (Lipinski definition) is 2. The van der Waals surface area contributed by atoms with Crippen LogP contribution in [0.25, 0.3) is 22.7 Å². The molecule has 1 aliphatic rings. The number of rotatable bonds is 3. The molecule has 0 saturated heterocycles. The molecule has 1 amide bonds. The van der Waals surface area contributed by atoms with Crippen molar-refractivity contribution in [1.82, 2.24) is 15.3 Å². The number of carbonyl (C=O) groups excluding carboxylic acids is 1. The SMILES string of the molecule is Cc1cc(-c2nc3ncccc3o2)ccc1NC(=S)NC(=O)c1ccc2c(c1)OCO2. The lowest BCUT2D eigenvalue weighted by Gasteiger charge is -2.12. The highest BCUT2D eigenvalue weighted by molar-refractivity contribution is 7.80. The molecule has 0 aliphatic carbocycles. The third-order valence-electron chi connectivity index (χ3n) is 4.75. The van der Waals surface area contributed by atoms with Crippen molar-refractivity contribution >= 4 is 40.2 Å². The summed E-state index contributed by atoms with van der Waals surface area (Å²) in [4.78, 5) is 21.1. The molecule has 8 nitrogen and oxygen atoms in total. The standard InChI is InChI=1S/C22H16N4O4S/c1-12-9-14(21-25-19-17(30-21)3-2-8-23-19)4-6-15(12)24-22(31)26-20(27)13-5-7-16-18(10-13)29-11-28-16/h2-10H,11H2,1H3,(H2,24,26,27,31). The van der Waals surface area contributed by atoms with Crippen LogP contribution in [0.2, 0.25) is 0 Å². The van der Waals surface area contributed by atoms with Gasteiger partial charge in [-0.2, -0.15) is 4.98 Å². The zero-order valence-electron chi connectivity index (χ0n) is 16.3. The average molecular weight is 432 g/mol. The maximum Gasteiger partial charge on any atom is 0.257 e. The number of carbonyl (C=O) groups is 1. The number of benzene rings is 2. The van der Waals surface area contributed by atoms with Crippen LogP contribution in [0.5, 0.6) is 11.5 Å². The third-order valence-corrected chi connectivity index (χ3v) is 4.95. The van der Waals surface area contributed by atoms with Crippen LogP contribution in [0.4, 0.5) is 5.69 Å². The number of thiocarbonyl (C=S) groups is 1. The van der Waals surface area contributed by atoms with Crippen LogP contribution >= 0.6 is 12.2 Å². The Morgan fingerprint density at radius 1 is 1.10 bits per heavy atom. The fourth-order valence-corrected chi connectivity index (χ4v) is 3.40. The summed E-state index contributed by atoms with van der Waals surface area (Å²) < 4.78 is 16.3. The second-order valence-corrected chi connectivity index (χ2v) is 7.26. The van der Waals surface area contributed by atoms with E-state index in [4.69, 9.17) is 26.1 Å². The van der Waals surface area contributed by atoms with Gasteiger partial charge in [-0.3, -0.25) is 10.1 Å². The highest BCUT2D eigenvalue weighted by Crippen LogP contribution is 2.32. The van der Waals surface area contributed by atoms with Gasteiger partial charge in [-0.05, 0) is 73.2 Å². The molecule has 0 radical (unpaired) electrons. The molecule has 0 saturated carbocycles. The first-order valence-electron chi connectivity index (χ1n) is 9.41. The van der Waals surface area contributed by atoms with Crippen LogP contribution in [-0.4, -0.2) is 27.8 Å². The number of fused-ring (bicyclic) bond motifs is 2. The number of pyridine rings is 1. The molecule has 0 atom stereocenters. The van der Waals surface area contributed by atoms with Crippen molar-refractivity contribution in [2.24, 2.45) is 0 Å². The monoisotopic (exact) mass is 432 g/mol. The second kappa shape index (κ2) is 7.69. The maximum atomic E-state index is 12.5. The van der Waals surface area contributed by atoms with Crippen LogP contribution in [0.15, 0.2) is 59.1 Å². The minimum Gasteiger partial charge on any atom is -0.454 e. The van der Waals surface area contributed by atoms with E-state index < -0.39 is 0 Å². The Hall–Kier alpha value is -3.98. The molecule has 5 rings (SSSR count). The summed E-state index contributed by atoms with van der Waals surface area (Å²) in [7, 11) is 0. The molecule has 154 valence electrons. The van der Waals surface area contributed by atoms with Crippen molar-refractivity contribution in [3.05, 3.63) is 65.9 Å². The van der Waals surface area contributed by atoms with Gasteiger partial charge in [-0.15, -0.1) is 0 Å². The van der Waals surface area contributed by atoms with Gasteiger partial charge in [0.05, 0.1) is 0 Å². The first-order valence-corrected chi connectivity index (χ1v) is 9.82. The van der Waals surface area contributed by atoms with Gasteiger partial charge >= 0.3 is 0 Å². The average Bonchev–Trinajstić information content (AvgIpc) is 3.41. The Morgan fingerprint density at radius 3 is 2.81 bits per heavy atom. The molecule has 1 aliphatic heterocycles. The molecule has 0 fully saturated rings. The summed E-state index contributed by atoms with van der Waals surface area (Å²) >= 11 is 5.30. The number of aryl methyl sites for hydroxylation is 1. The number of amides is 1. The fourth-order valence-electron chi connectivity index (χ4n) is 3.20. The van der Waals surface area contributed by atoms with Gasteiger partial charge in [0.1, 0.15) is 0 Å². The van der Waals surface area contributed by atoms with Gasteiger partial charge < -0.3 is 19.2 Å². The number of ether oxygens (including phenoxy) is 2. The third kappa shape index (κ3) is 3.78. The summed E-state index contributed by atoms with van der Waals surface area (Å²) in [6, 6.07) is 14.2. The van der Waals surface area contributed by atoms with Crippen LogP contribution in [-0.2, 0) is 0 Å². The number of aromatic nitrogens is 2. The molecule has 2 N–H and O–H groups in total. The van der Waals surface area contributed by atoms with Crippen molar-refractivity contribution in [1.29, 1.82) is 0 Å². The van der Waals surface area contributed by atoms with E-state index in [-0.39, 0.29) is 17.8 Å². The highest BCUT2D eigenvalue weighted by atomic mass is 32.1. The predicted molar refractivity (Wildman–Crippen MR) is 118 cm³/mol. The molecule has 0 spiro atoms. The second-order valence-electron chi connectivity index (χ2n) is 6.85. The lowest BCUT2D eigenvalue weighted by Crippen LogP contribution is -2.34. The van der Waals surface area contributed by atoms with E-state index in [0.717, 1.165) is 16.8 Å². The van der Waals surface area contributed by atoms with Gasteiger partial charge in [0.15, 0.2) is 27.8 Å². The quantitative estimate of drug-likeness (QED) is 0.468. The Labute approximate surface area is 182 Å². The zero-order valence-corrected chi connectivity index (χ0v) is 17.2. The Kier molecular flexibility index (Phi) is 4.72. The van der Waals surface area contributed by atoms with Gasteiger partial charge in [0.25, 0.3) is 5.91 Å². The lowest BCUT2D eigenvalue weighted by molar-refractivity contribution is 0.0977. The minimum absolute atomic E-state index is 0.149. The van der Waals surface area contributed by atoms with Crippen molar-refractivity contribution in [2.45, 2.75) is 6.92 Å². The summed E-state index contributed by atoms with van der Waals surface area (Å²) in [5.41, 5.74) is 4.09. The topological polar surface area (TPSA) is 98.5 Å². The maximum absolute atomic E-state index is 12.5. The van der Waals surface area contributed by atoms with Gasteiger partial charge in [-0.25, -0.2) is 4.98 Å². The number of nitrogens with zero attached hydrogens (tertiary/aromatic N) is 2. The number of nitrogens with one attached hydrogen (secondary N) is 2. The Morgan fingerprint density at radius 2 is 1.97 bits per heavy atom.